The molecule has 0 radical (unpaired) electrons. The third kappa shape index (κ3) is 4.97. The molecule has 0 N–H and O–H groups in total. The zero-order valence-corrected chi connectivity index (χ0v) is 9.10. The summed E-state index contributed by atoms with van der Waals surface area (Å²) >= 11 is 0. The van der Waals surface area contributed by atoms with Crippen LogP contribution in [0, 0.1) is 0 Å². The third-order valence-electron chi connectivity index (χ3n) is 1.80. The van der Waals surface area contributed by atoms with Crippen LogP contribution in [-0.2, 0) is 0 Å². The summed E-state index contributed by atoms with van der Waals surface area (Å²) in [7, 11) is 0. The molecule has 0 aliphatic heterocycles. The van der Waals surface area contributed by atoms with E-state index in [1.54, 1.807) is 18.2 Å². The Kier molecular flexibility index (Phi) is 6.33. The minimum Gasteiger partial charge on any atom is -0.472 e. The van der Waals surface area contributed by atoms with Crippen LogP contribution in [0.1, 0.15) is 42.2 Å². The Morgan fingerprint density at radius 2 is 1.76 bits per heavy atom. The second-order valence-corrected chi connectivity index (χ2v) is 3.10. The highest BCUT2D eigenvalue weighted by molar-refractivity contribution is 5.93. The molecule has 2 heterocycles. The summed E-state index contributed by atoms with van der Waals surface area (Å²) in [5.41, 5.74) is 0.630. The van der Waals surface area contributed by atoms with Crippen molar-refractivity contribution in [1.29, 1.82) is 0 Å². The van der Waals surface area contributed by atoms with Crippen molar-refractivity contribution in [2.24, 2.45) is 0 Å². The average molecular weight is 236 g/mol. The van der Waals surface area contributed by atoms with E-state index in [0.717, 1.165) is 0 Å². The molecule has 0 aliphatic carbocycles. The van der Waals surface area contributed by atoms with Gasteiger partial charge in [0.25, 0.3) is 0 Å². The Morgan fingerprint density at radius 3 is 2.00 bits per heavy atom. The first-order chi connectivity index (χ1) is 7.61. The van der Waals surface area contributed by atoms with Crippen molar-refractivity contribution in [1.82, 2.24) is 0 Å². The number of rotatable bonds is 2. The smallest absolute Gasteiger partial charge is 0.194 e. The molecule has 0 bridgehead atoms. The van der Waals surface area contributed by atoms with E-state index in [2.05, 4.69) is 4.42 Å². The van der Waals surface area contributed by atoms with Gasteiger partial charge in [0, 0.05) is 6.92 Å². The van der Waals surface area contributed by atoms with Gasteiger partial charge >= 0.3 is 0 Å². The summed E-state index contributed by atoms with van der Waals surface area (Å²) in [6, 6.07) is 4.97. The summed E-state index contributed by atoms with van der Waals surface area (Å²) in [6.45, 7) is 2.98. The van der Waals surface area contributed by atoms with Crippen molar-refractivity contribution in [3.05, 3.63) is 48.3 Å². The van der Waals surface area contributed by atoms with E-state index in [0.29, 0.717) is 11.3 Å². The predicted octanol–water partition coefficient (Wildman–Crippen LogP) is 3.60. The first kappa shape index (κ1) is 14.9. The zero-order chi connectivity index (χ0) is 12.0. The topological polar surface area (TPSA) is 60.4 Å². The highest BCUT2D eigenvalue weighted by Crippen LogP contribution is 1.99. The lowest BCUT2D eigenvalue weighted by Gasteiger charge is -1.80. The molecule has 0 atom stereocenters. The van der Waals surface area contributed by atoms with Crippen molar-refractivity contribution < 1.29 is 18.4 Å². The monoisotopic (exact) mass is 236 g/mol. The van der Waals surface area contributed by atoms with Gasteiger partial charge in [-0.2, -0.15) is 0 Å². The number of hydrogen-bond donors (Lipinski definition) is 0. The molecule has 0 spiro atoms. The molecule has 0 fully saturated rings. The average Bonchev–Trinajstić information content (AvgIpc) is 2.93. The van der Waals surface area contributed by atoms with E-state index in [9.17, 15) is 9.59 Å². The summed E-state index contributed by atoms with van der Waals surface area (Å²) in [6.07, 6.45) is 4.40. The Hall–Kier alpha value is -2.10. The van der Waals surface area contributed by atoms with E-state index in [1.807, 2.05) is 0 Å². The van der Waals surface area contributed by atoms with Crippen LogP contribution in [0.2, 0.25) is 0 Å². The lowest BCUT2D eigenvalue weighted by atomic mass is 10.2. The van der Waals surface area contributed by atoms with Crippen LogP contribution in [0.3, 0.4) is 0 Å². The third-order valence-corrected chi connectivity index (χ3v) is 1.80. The summed E-state index contributed by atoms with van der Waals surface area (Å²) in [4.78, 5) is 20.9. The molecule has 0 saturated carbocycles. The van der Waals surface area contributed by atoms with E-state index in [4.69, 9.17) is 4.42 Å². The Labute approximate surface area is 100 Å². The van der Waals surface area contributed by atoms with E-state index in [1.165, 1.54) is 32.6 Å². The minimum absolute atomic E-state index is 0. The number of furan rings is 2. The Morgan fingerprint density at radius 1 is 1.06 bits per heavy atom. The number of hydrogen-bond acceptors (Lipinski definition) is 4. The fraction of sp³-hybridized carbons (Fsp3) is 0.231. The fourth-order valence-electron chi connectivity index (χ4n) is 0.944. The highest BCUT2D eigenvalue weighted by Gasteiger charge is 1.97. The van der Waals surface area contributed by atoms with Gasteiger partial charge in [0.2, 0.25) is 0 Å². The molecular weight excluding hydrogens is 220 g/mol. The van der Waals surface area contributed by atoms with Gasteiger partial charge < -0.3 is 8.83 Å². The molecule has 0 amide bonds. The first-order valence-electron chi connectivity index (χ1n) is 4.69. The van der Waals surface area contributed by atoms with Crippen LogP contribution in [0.25, 0.3) is 0 Å². The molecule has 0 aromatic carbocycles. The lowest BCUT2D eigenvalue weighted by Crippen LogP contribution is -1.85. The summed E-state index contributed by atoms with van der Waals surface area (Å²) < 4.78 is 9.40. The number of carbonyl (C=O) groups is 2. The molecule has 92 valence electrons. The maximum absolute atomic E-state index is 10.4. The van der Waals surface area contributed by atoms with Crippen molar-refractivity contribution in [2.45, 2.75) is 21.3 Å². The Balaban J connectivity index is 0.000000284. The van der Waals surface area contributed by atoms with E-state index in [-0.39, 0.29) is 19.0 Å². The van der Waals surface area contributed by atoms with Crippen molar-refractivity contribution in [2.75, 3.05) is 0 Å². The molecule has 2 aromatic heterocycles. The fourth-order valence-corrected chi connectivity index (χ4v) is 0.944. The van der Waals surface area contributed by atoms with Crippen molar-refractivity contribution in [3.8, 4) is 0 Å². The second kappa shape index (κ2) is 7.22. The molecule has 4 heteroatoms. The van der Waals surface area contributed by atoms with Crippen LogP contribution in [0.15, 0.2) is 45.8 Å². The SMILES string of the molecule is C.CC(=O)c1ccco1.CC(=O)c1ccoc1. The number of Topliss-reactive ketones (excluding diaryl/α,β-unsaturated/α-hetero) is 2. The zero-order valence-electron chi connectivity index (χ0n) is 9.10. The summed E-state index contributed by atoms with van der Waals surface area (Å²) in [5.74, 6) is 0.429. The molecule has 2 aromatic rings. The maximum Gasteiger partial charge on any atom is 0.194 e. The van der Waals surface area contributed by atoms with Gasteiger partial charge in [-0.25, -0.2) is 0 Å². The van der Waals surface area contributed by atoms with Gasteiger partial charge in [0.15, 0.2) is 17.3 Å². The summed E-state index contributed by atoms with van der Waals surface area (Å²) in [5, 5.41) is 0. The molecular formula is C13H16O4. The normalized spacial score (nSPS) is 8.59. The molecule has 17 heavy (non-hydrogen) atoms. The molecule has 4 nitrogen and oxygen atoms in total. The van der Waals surface area contributed by atoms with Gasteiger partial charge in [-0.15, -0.1) is 0 Å². The Bertz CT molecular complexity index is 393. The van der Waals surface area contributed by atoms with Crippen molar-refractivity contribution >= 4 is 11.6 Å². The van der Waals surface area contributed by atoms with E-state index < -0.39 is 0 Å². The number of ketones is 2. The maximum atomic E-state index is 10.4. The van der Waals surface area contributed by atoms with Gasteiger partial charge in [0.05, 0.1) is 18.1 Å². The van der Waals surface area contributed by atoms with Crippen LogP contribution in [-0.4, -0.2) is 11.6 Å². The first-order valence-corrected chi connectivity index (χ1v) is 4.69. The van der Waals surface area contributed by atoms with Crippen LogP contribution >= 0.6 is 0 Å². The molecule has 2 rings (SSSR count). The largest absolute Gasteiger partial charge is 0.472 e. The molecule has 0 unspecified atom stereocenters. The van der Waals surface area contributed by atoms with Gasteiger partial charge in [-0.05, 0) is 25.1 Å². The quantitative estimate of drug-likeness (QED) is 0.747. The van der Waals surface area contributed by atoms with Gasteiger partial charge in [-0.1, -0.05) is 7.43 Å². The van der Waals surface area contributed by atoms with Crippen molar-refractivity contribution in [3.63, 3.8) is 0 Å². The minimum atomic E-state index is -0.0324. The van der Waals surface area contributed by atoms with E-state index >= 15 is 0 Å². The molecule has 0 saturated heterocycles. The van der Waals surface area contributed by atoms with Gasteiger partial charge in [-0.3, -0.25) is 9.59 Å². The van der Waals surface area contributed by atoms with Crippen LogP contribution < -0.4 is 0 Å². The van der Waals surface area contributed by atoms with Gasteiger partial charge in [0.1, 0.15) is 6.26 Å². The number of carbonyl (C=O) groups excluding carboxylic acids is 2. The lowest BCUT2D eigenvalue weighted by molar-refractivity contribution is 0.0985. The molecule has 0 aliphatic rings. The predicted molar refractivity (Wildman–Crippen MR) is 64.2 cm³/mol. The second-order valence-electron chi connectivity index (χ2n) is 3.10. The highest BCUT2D eigenvalue weighted by atomic mass is 16.3. The standard InChI is InChI=1S/2C6H6O2.CH4/c1-5(7)6-2-3-8-4-6;1-5(7)6-3-2-4-8-6;/h2*2-4H,1H3;1H4. The van der Waals surface area contributed by atoms with Crippen LogP contribution in [0.5, 0.6) is 0 Å². The van der Waals surface area contributed by atoms with Crippen LogP contribution in [0.4, 0.5) is 0 Å².